The van der Waals surface area contributed by atoms with E-state index < -0.39 is 28.6 Å². The summed E-state index contributed by atoms with van der Waals surface area (Å²) >= 11 is 0. The van der Waals surface area contributed by atoms with E-state index in [1.54, 1.807) is 23.1 Å². The van der Waals surface area contributed by atoms with Gasteiger partial charge in [0.05, 0.1) is 4.92 Å². The Morgan fingerprint density at radius 3 is 2.78 bits per heavy atom. The van der Waals surface area contributed by atoms with Crippen LogP contribution in [-0.2, 0) is 9.59 Å². The predicted molar refractivity (Wildman–Crippen MR) is 96.9 cm³/mol. The molecule has 0 radical (unpaired) electrons. The molecule has 1 saturated heterocycles. The first kappa shape index (κ1) is 17.7. The molecule has 4 rings (SSSR count). The van der Waals surface area contributed by atoms with E-state index >= 15 is 0 Å². The Morgan fingerprint density at radius 1 is 1.37 bits per heavy atom. The number of carbonyl (C=O) groups excluding carboxylic acids is 1. The molecule has 7 heteroatoms. The third-order valence-electron chi connectivity index (χ3n) is 6.64. The van der Waals surface area contributed by atoms with Gasteiger partial charge in [0, 0.05) is 35.2 Å². The molecule has 1 fully saturated rings. The van der Waals surface area contributed by atoms with Crippen LogP contribution >= 0.6 is 0 Å². The maximum Gasteiger partial charge on any atom is 0.317 e. The highest BCUT2D eigenvalue weighted by Gasteiger charge is 2.56. The molecule has 1 aromatic carbocycles. The lowest BCUT2D eigenvalue weighted by atomic mass is 9.70. The molecular formula is C20H22N2O5. The van der Waals surface area contributed by atoms with Gasteiger partial charge in [-0.2, -0.15) is 0 Å². The maximum atomic E-state index is 13.2. The van der Waals surface area contributed by atoms with Gasteiger partial charge in [0.1, 0.15) is 5.92 Å². The van der Waals surface area contributed by atoms with Crippen molar-refractivity contribution in [2.75, 3.05) is 6.54 Å². The highest BCUT2D eigenvalue weighted by molar-refractivity contribution is 6.01. The lowest BCUT2D eigenvalue weighted by molar-refractivity contribution is -0.385. The Morgan fingerprint density at radius 2 is 2.11 bits per heavy atom. The Hall–Kier alpha value is -2.70. The number of hydrogen-bond acceptors (Lipinski definition) is 4. The molecule has 1 aromatic rings. The quantitative estimate of drug-likeness (QED) is 0.497. The standard InChI is InChI=1S/C20H22N2O5/c1-2-20-9-5-11-21-17(20)13(8-10-20)15(16(18(21)23)19(24)25)12-6-3-4-7-14(12)22(26)27/h3-4,6-7,15-16H,2,5,8-11H2,1H3,(H,24,25)/t15-,16?,20-/m1/s1. The zero-order chi connectivity index (χ0) is 19.3. The molecule has 7 nitrogen and oxygen atoms in total. The van der Waals surface area contributed by atoms with Crippen molar-refractivity contribution in [1.29, 1.82) is 0 Å². The lowest BCUT2D eigenvalue weighted by Crippen LogP contribution is -2.51. The minimum Gasteiger partial charge on any atom is -0.481 e. The van der Waals surface area contributed by atoms with Gasteiger partial charge in [-0.3, -0.25) is 19.7 Å². The number of nitrogens with zero attached hydrogens (tertiary/aromatic N) is 2. The third kappa shape index (κ3) is 2.40. The molecule has 0 bridgehead atoms. The second-order valence-electron chi connectivity index (χ2n) is 7.71. The van der Waals surface area contributed by atoms with E-state index in [2.05, 4.69) is 6.92 Å². The minimum absolute atomic E-state index is 0.103. The van der Waals surface area contributed by atoms with Crippen LogP contribution in [0.4, 0.5) is 5.69 Å². The van der Waals surface area contributed by atoms with Crippen molar-refractivity contribution in [2.45, 2.75) is 44.9 Å². The fourth-order valence-corrected chi connectivity index (χ4v) is 5.43. The number of rotatable bonds is 4. The van der Waals surface area contributed by atoms with Crippen molar-refractivity contribution in [2.24, 2.45) is 11.3 Å². The first-order chi connectivity index (χ1) is 12.9. The molecule has 0 saturated carbocycles. The average Bonchev–Trinajstić information content (AvgIpc) is 3.05. The Labute approximate surface area is 156 Å². The van der Waals surface area contributed by atoms with Gasteiger partial charge >= 0.3 is 5.97 Å². The Bertz CT molecular complexity index is 877. The summed E-state index contributed by atoms with van der Waals surface area (Å²) in [6.45, 7) is 2.64. The molecule has 142 valence electrons. The van der Waals surface area contributed by atoms with E-state index in [4.69, 9.17) is 0 Å². The van der Waals surface area contributed by atoms with Crippen LogP contribution in [0.15, 0.2) is 35.5 Å². The summed E-state index contributed by atoms with van der Waals surface area (Å²) in [6, 6.07) is 6.23. The number of carbonyl (C=O) groups is 2. The van der Waals surface area contributed by atoms with Crippen LogP contribution in [0.2, 0.25) is 0 Å². The van der Waals surface area contributed by atoms with Gasteiger partial charge in [-0.05, 0) is 37.7 Å². The number of aliphatic carboxylic acids is 1. The zero-order valence-corrected chi connectivity index (χ0v) is 15.2. The highest BCUT2D eigenvalue weighted by atomic mass is 16.6. The summed E-state index contributed by atoms with van der Waals surface area (Å²) in [5, 5.41) is 21.4. The summed E-state index contributed by atoms with van der Waals surface area (Å²) in [5.74, 6) is -3.72. The van der Waals surface area contributed by atoms with Crippen LogP contribution in [0.3, 0.4) is 0 Å². The molecule has 2 heterocycles. The molecule has 1 aliphatic carbocycles. The van der Waals surface area contributed by atoms with Crippen LogP contribution in [0.5, 0.6) is 0 Å². The molecule has 2 aliphatic heterocycles. The van der Waals surface area contributed by atoms with Crippen molar-refractivity contribution in [3.05, 3.63) is 51.2 Å². The van der Waals surface area contributed by atoms with Crippen LogP contribution in [-0.4, -0.2) is 33.4 Å². The van der Waals surface area contributed by atoms with Crippen molar-refractivity contribution >= 4 is 17.6 Å². The van der Waals surface area contributed by atoms with Gasteiger partial charge in [0.2, 0.25) is 5.91 Å². The number of hydrogen-bond donors (Lipinski definition) is 1. The first-order valence-electron chi connectivity index (χ1n) is 9.42. The van der Waals surface area contributed by atoms with Crippen molar-refractivity contribution in [3.8, 4) is 0 Å². The number of allylic oxidation sites excluding steroid dienone is 2. The van der Waals surface area contributed by atoms with Crippen LogP contribution in [0.1, 0.15) is 50.5 Å². The third-order valence-corrected chi connectivity index (χ3v) is 6.64. The number of nitro benzene ring substituents is 1. The number of carboxylic acids is 1. The molecule has 3 atom stereocenters. The van der Waals surface area contributed by atoms with E-state index in [-0.39, 0.29) is 11.1 Å². The number of carboxylic acid groups (broad SMARTS) is 1. The number of nitro groups is 1. The van der Waals surface area contributed by atoms with E-state index in [1.165, 1.54) is 6.07 Å². The second kappa shape index (κ2) is 6.18. The van der Waals surface area contributed by atoms with Gasteiger partial charge in [-0.15, -0.1) is 0 Å². The molecule has 1 amide bonds. The number of piperidine rings is 1. The minimum atomic E-state index is -1.31. The summed E-state index contributed by atoms with van der Waals surface area (Å²) in [4.78, 5) is 38.0. The molecule has 0 aromatic heterocycles. The monoisotopic (exact) mass is 370 g/mol. The summed E-state index contributed by atoms with van der Waals surface area (Å²) in [7, 11) is 0. The zero-order valence-electron chi connectivity index (χ0n) is 15.2. The van der Waals surface area contributed by atoms with Gasteiger partial charge in [0.25, 0.3) is 5.69 Å². The first-order valence-corrected chi connectivity index (χ1v) is 9.42. The lowest BCUT2D eigenvalue weighted by Gasteiger charge is -2.47. The van der Waals surface area contributed by atoms with Gasteiger partial charge in [0.15, 0.2) is 0 Å². The van der Waals surface area contributed by atoms with Crippen molar-refractivity contribution in [3.63, 3.8) is 0 Å². The largest absolute Gasteiger partial charge is 0.481 e. The van der Waals surface area contributed by atoms with E-state index in [0.29, 0.717) is 18.5 Å². The number of benzene rings is 1. The van der Waals surface area contributed by atoms with Crippen LogP contribution in [0.25, 0.3) is 0 Å². The molecule has 3 aliphatic rings. The van der Waals surface area contributed by atoms with E-state index in [9.17, 15) is 24.8 Å². The summed E-state index contributed by atoms with van der Waals surface area (Å²) < 4.78 is 0. The van der Waals surface area contributed by atoms with Crippen molar-refractivity contribution in [1.82, 2.24) is 4.90 Å². The summed E-state index contributed by atoms with van der Waals surface area (Å²) in [6.07, 6.45) is 4.29. The molecule has 1 unspecified atom stereocenters. The maximum absolute atomic E-state index is 13.2. The Kier molecular flexibility index (Phi) is 4.05. The van der Waals surface area contributed by atoms with E-state index in [1.807, 2.05) is 0 Å². The van der Waals surface area contributed by atoms with Crippen LogP contribution in [0, 0.1) is 21.4 Å². The fourth-order valence-electron chi connectivity index (χ4n) is 5.43. The second-order valence-corrected chi connectivity index (χ2v) is 7.71. The summed E-state index contributed by atoms with van der Waals surface area (Å²) in [5.41, 5.74) is 1.99. The fraction of sp³-hybridized carbons (Fsp3) is 0.500. The molecule has 27 heavy (non-hydrogen) atoms. The van der Waals surface area contributed by atoms with E-state index in [0.717, 1.165) is 37.0 Å². The highest BCUT2D eigenvalue weighted by Crippen LogP contribution is 2.59. The number of para-hydroxylation sites is 1. The molecule has 1 N–H and O–H groups in total. The topological polar surface area (TPSA) is 101 Å². The van der Waals surface area contributed by atoms with Gasteiger partial charge in [-0.25, -0.2) is 0 Å². The van der Waals surface area contributed by atoms with Gasteiger partial charge < -0.3 is 10.0 Å². The number of amides is 1. The average molecular weight is 370 g/mol. The van der Waals surface area contributed by atoms with Crippen molar-refractivity contribution < 1.29 is 19.6 Å². The smallest absolute Gasteiger partial charge is 0.317 e. The predicted octanol–water partition coefficient (Wildman–Crippen LogP) is 3.46. The Balaban J connectivity index is 1.98. The molecule has 0 spiro atoms. The SMILES string of the molecule is CC[C@]12CCCN3C(=O)C(C(=O)O)[C@H](c4ccccc4[N+](=O)[O-])C(=C31)CC2. The van der Waals surface area contributed by atoms with Gasteiger partial charge in [-0.1, -0.05) is 25.1 Å². The van der Waals surface area contributed by atoms with Crippen LogP contribution < -0.4 is 0 Å². The normalized spacial score (nSPS) is 29.7. The molecular weight excluding hydrogens is 348 g/mol.